The van der Waals surface area contributed by atoms with Gasteiger partial charge in [-0.1, -0.05) is 95.2 Å². The first-order chi connectivity index (χ1) is 8.91. The van der Waals surface area contributed by atoms with Crippen LogP contribution in [-0.4, -0.2) is 23.2 Å². The summed E-state index contributed by atoms with van der Waals surface area (Å²) >= 11 is 0. The Labute approximate surface area is 130 Å². The van der Waals surface area contributed by atoms with Crippen LogP contribution < -0.4 is 5.19 Å². The van der Waals surface area contributed by atoms with Gasteiger partial charge in [-0.3, -0.25) is 0 Å². The molecular formula is C16H33PSi3. The van der Waals surface area contributed by atoms with Crippen LogP contribution >= 0.6 is 6.57 Å². The van der Waals surface area contributed by atoms with E-state index in [1.165, 1.54) is 0 Å². The van der Waals surface area contributed by atoms with Crippen LogP contribution in [0.3, 0.4) is 0 Å². The minimum Gasteiger partial charge on any atom is -0.135 e. The number of hydrogen-bond acceptors (Lipinski definition) is 0. The van der Waals surface area contributed by atoms with Crippen molar-refractivity contribution in [1.29, 1.82) is 0 Å². The molecule has 0 amide bonds. The predicted octanol–water partition coefficient (Wildman–Crippen LogP) is 6.03. The van der Waals surface area contributed by atoms with Gasteiger partial charge in [-0.2, -0.15) is 0 Å². The Morgan fingerprint density at radius 2 is 1.25 bits per heavy atom. The standard InChI is InChI=1S/C16H33PSi3/c1-15(2)19(6,7)17(18(3,4)5)20(8,9)16-13-11-10-12-14-16/h10-15H,1-9H3. The second-order valence-electron chi connectivity index (χ2n) is 8.24. The molecule has 4 heteroatoms. The summed E-state index contributed by atoms with van der Waals surface area (Å²) in [6.07, 6.45) is 0. The largest absolute Gasteiger partial charge is 0.135 e. The van der Waals surface area contributed by atoms with Crippen LogP contribution in [0.2, 0.25) is 51.4 Å². The maximum absolute atomic E-state index is 2.68. The molecular weight excluding hydrogens is 307 g/mol. The van der Waals surface area contributed by atoms with Crippen LogP contribution in [0.15, 0.2) is 30.3 Å². The Balaban J connectivity index is 3.39. The molecule has 1 atom stereocenters. The summed E-state index contributed by atoms with van der Waals surface area (Å²) in [5, 5.41) is 1.69. The summed E-state index contributed by atoms with van der Waals surface area (Å²) in [5.74, 6) is 0. The van der Waals surface area contributed by atoms with Crippen molar-refractivity contribution in [1.82, 2.24) is 0 Å². The number of benzene rings is 1. The zero-order valence-corrected chi connectivity index (χ0v) is 18.8. The van der Waals surface area contributed by atoms with Gasteiger partial charge in [0.1, 0.15) is 0 Å². The van der Waals surface area contributed by atoms with Crippen molar-refractivity contribution in [2.45, 2.75) is 65.2 Å². The molecule has 0 radical (unpaired) electrons. The lowest BCUT2D eigenvalue weighted by Crippen LogP contribution is -2.53. The van der Waals surface area contributed by atoms with Crippen LogP contribution in [0.1, 0.15) is 13.8 Å². The highest BCUT2D eigenvalue weighted by Crippen LogP contribution is 2.64. The highest BCUT2D eigenvalue weighted by molar-refractivity contribution is 8.38. The SMILES string of the molecule is CC(C)[Si](C)(C)P([Si](C)(C)C)[Si](C)(C)c1ccccc1. The van der Waals surface area contributed by atoms with Crippen molar-refractivity contribution in [3.8, 4) is 0 Å². The van der Waals surface area contributed by atoms with Crippen molar-refractivity contribution in [2.75, 3.05) is 0 Å². The molecule has 0 fully saturated rings. The molecule has 0 saturated carbocycles. The second-order valence-corrected chi connectivity index (χ2v) is 40.3. The van der Waals surface area contributed by atoms with Gasteiger partial charge < -0.3 is 0 Å². The van der Waals surface area contributed by atoms with E-state index in [-0.39, 0.29) is 6.57 Å². The Morgan fingerprint density at radius 1 is 0.800 bits per heavy atom. The summed E-state index contributed by atoms with van der Waals surface area (Å²) in [4.78, 5) is 0. The average Bonchev–Trinajstić information content (AvgIpc) is 2.27. The van der Waals surface area contributed by atoms with Gasteiger partial charge in [-0.25, -0.2) is 0 Å². The third-order valence-corrected chi connectivity index (χ3v) is 58.6. The average molecular weight is 341 g/mol. The van der Waals surface area contributed by atoms with Crippen LogP contribution in [0, 0.1) is 0 Å². The first kappa shape index (κ1) is 18.3. The molecule has 0 saturated heterocycles. The molecule has 0 aliphatic heterocycles. The van der Waals surface area contributed by atoms with E-state index in [4.69, 9.17) is 0 Å². The maximum Gasteiger partial charge on any atom is 0.0992 e. The fourth-order valence-corrected chi connectivity index (χ4v) is 78.2. The fourth-order valence-electron chi connectivity index (χ4n) is 3.66. The lowest BCUT2D eigenvalue weighted by atomic mass is 10.4. The number of hydrogen-bond donors (Lipinski definition) is 0. The molecule has 0 aliphatic carbocycles. The first-order valence-corrected chi connectivity index (χ1v) is 21.2. The molecule has 0 bridgehead atoms. The quantitative estimate of drug-likeness (QED) is 0.453. The van der Waals surface area contributed by atoms with E-state index in [1.54, 1.807) is 5.19 Å². The monoisotopic (exact) mass is 340 g/mol. The minimum absolute atomic E-state index is 0.213. The maximum atomic E-state index is 2.68. The zero-order chi connectivity index (χ0) is 15.8. The molecule has 0 N–H and O–H groups in total. The molecule has 1 aromatic rings. The van der Waals surface area contributed by atoms with Crippen LogP contribution in [0.25, 0.3) is 0 Å². The molecule has 1 unspecified atom stereocenters. The molecule has 0 aliphatic rings. The van der Waals surface area contributed by atoms with Gasteiger partial charge in [-0.05, 0) is 5.54 Å². The molecule has 0 spiro atoms. The predicted molar refractivity (Wildman–Crippen MR) is 106 cm³/mol. The highest BCUT2D eigenvalue weighted by atomic mass is 31.8. The van der Waals surface area contributed by atoms with Gasteiger partial charge in [0.25, 0.3) is 0 Å². The smallest absolute Gasteiger partial charge is 0.0992 e. The lowest BCUT2D eigenvalue weighted by Gasteiger charge is -2.52. The van der Waals surface area contributed by atoms with E-state index in [1.807, 2.05) is 0 Å². The van der Waals surface area contributed by atoms with Gasteiger partial charge in [0, 0.05) is 0 Å². The van der Waals surface area contributed by atoms with Crippen molar-refractivity contribution in [3.63, 3.8) is 0 Å². The molecule has 0 nitrogen and oxygen atoms in total. The van der Waals surface area contributed by atoms with Crippen LogP contribution in [-0.2, 0) is 0 Å². The first-order valence-electron chi connectivity index (χ1n) is 7.77. The molecule has 1 aromatic carbocycles. The summed E-state index contributed by atoms with van der Waals surface area (Å²) < 4.78 is 0. The third kappa shape index (κ3) is 3.73. The van der Waals surface area contributed by atoms with Gasteiger partial charge in [0.2, 0.25) is 0 Å². The van der Waals surface area contributed by atoms with Crippen LogP contribution in [0.4, 0.5) is 0 Å². The van der Waals surface area contributed by atoms with Crippen molar-refractivity contribution >= 4 is 35.0 Å². The zero-order valence-electron chi connectivity index (χ0n) is 14.9. The Bertz CT molecular complexity index is 433. The van der Waals surface area contributed by atoms with Crippen molar-refractivity contribution in [3.05, 3.63) is 30.3 Å². The van der Waals surface area contributed by atoms with E-state index in [0.29, 0.717) is 0 Å². The van der Waals surface area contributed by atoms with Gasteiger partial charge in [0.05, 0.1) is 23.2 Å². The Hall–Kier alpha value is 0.301. The van der Waals surface area contributed by atoms with E-state index < -0.39 is 23.2 Å². The lowest BCUT2D eigenvalue weighted by molar-refractivity contribution is 1.03. The topological polar surface area (TPSA) is 0 Å². The van der Waals surface area contributed by atoms with E-state index in [2.05, 4.69) is 90.0 Å². The van der Waals surface area contributed by atoms with E-state index in [9.17, 15) is 0 Å². The van der Waals surface area contributed by atoms with Gasteiger partial charge >= 0.3 is 0 Å². The van der Waals surface area contributed by atoms with Gasteiger partial charge in [-0.15, -0.1) is 6.57 Å². The minimum atomic E-state index is -1.35. The summed E-state index contributed by atoms with van der Waals surface area (Å²) in [5.41, 5.74) is 0.899. The van der Waals surface area contributed by atoms with E-state index >= 15 is 0 Å². The number of rotatable bonds is 5. The molecule has 20 heavy (non-hydrogen) atoms. The molecule has 0 heterocycles. The molecule has 0 aromatic heterocycles. The molecule has 1 rings (SSSR count). The van der Waals surface area contributed by atoms with Crippen molar-refractivity contribution in [2.24, 2.45) is 0 Å². The molecule has 114 valence electrons. The van der Waals surface area contributed by atoms with E-state index in [0.717, 1.165) is 5.54 Å². The summed E-state index contributed by atoms with van der Waals surface area (Å²) in [7, 11) is -3.64. The van der Waals surface area contributed by atoms with Crippen LogP contribution in [0.5, 0.6) is 0 Å². The normalized spacial score (nSPS) is 15.5. The highest BCUT2D eigenvalue weighted by Gasteiger charge is 2.50. The summed E-state index contributed by atoms with van der Waals surface area (Å²) in [6, 6.07) is 11.5. The van der Waals surface area contributed by atoms with Crippen molar-refractivity contribution < 1.29 is 0 Å². The summed E-state index contributed by atoms with van der Waals surface area (Å²) in [6.45, 7) is 23.7. The Morgan fingerprint density at radius 3 is 1.60 bits per heavy atom. The van der Waals surface area contributed by atoms with Gasteiger partial charge in [0.15, 0.2) is 0 Å². The third-order valence-electron chi connectivity index (χ3n) is 4.70. The Kier molecular flexibility index (Phi) is 5.68. The second kappa shape index (κ2) is 6.20. The fraction of sp³-hybridized carbons (Fsp3) is 0.625.